The van der Waals surface area contributed by atoms with Gasteiger partial charge in [0.1, 0.15) is 0 Å². The fourth-order valence-corrected chi connectivity index (χ4v) is 2.79. The van der Waals surface area contributed by atoms with Gasteiger partial charge in [0.25, 0.3) is 0 Å². The summed E-state index contributed by atoms with van der Waals surface area (Å²) in [6, 6.07) is 15.0. The summed E-state index contributed by atoms with van der Waals surface area (Å²) in [4.78, 5) is 0. The van der Waals surface area contributed by atoms with Crippen LogP contribution in [0.25, 0.3) is 11.4 Å². The molecule has 1 aliphatic heterocycles. The minimum absolute atomic E-state index is 0.0903. The highest BCUT2D eigenvalue weighted by molar-refractivity contribution is 5.55. The Bertz CT molecular complexity index is 1040. The van der Waals surface area contributed by atoms with E-state index in [4.69, 9.17) is 14.2 Å². The van der Waals surface area contributed by atoms with Crippen LogP contribution in [0.5, 0.6) is 23.0 Å². The number of hydrogen-bond acceptors (Lipinski definition) is 5. The van der Waals surface area contributed by atoms with E-state index in [1.54, 1.807) is 21.8 Å². The Morgan fingerprint density at radius 2 is 1.31 bits per heavy atom. The first-order chi connectivity index (χ1) is 12.9. The van der Waals surface area contributed by atoms with E-state index in [2.05, 4.69) is 10.2 Å². The third-order valence-electron chi connectivity index (χ3n) is 4.04. The van der Waals surface area contributed by atoms with E-state index in [9.17, 15) is 0 Å². The maximum Gasteiger partial charge on any atom is 0.231 e. The van der Waals surface area contributed by atoms with Crippen LogP contribution in [0.4, 0.5) is 0 Å². The summed E-state index contributed by atoms with van der Waals surface area (Å²) >= 11 is 0. The summed E-state index contributed by atoms with van der Waals surface area (Å²) in [5.41, 5.74) is 1.76. The number of aromatic nitrogens is 4. The minimum Gasteiger partial charge on any atom is -0.454 e. The zero-order valence-electron chi connectivity index (χ0n) is 13.6. The molecule has 0 N–H and O–H groups in total. The lowest BCUT2D eigenvalue weighted by Crippen LogP contribution is -2.10. The third-order valence-corrected chi connectivity index (χ3v) is 4.04. The highest BCUT2D eigenvalue weighted by Crippen LogP contribution is 2.40. The number of rotatable bonds is 2. The van der Waals surface area contributed by atoms with Crippen LogP contribution in [0.3, 0.4) is 0 Å². The second-order valence-corrected chi connectivity index (χ2v) is 5.67. The van der Waals surface area contributed by atoms with Crippen molar-refractivity contribution < 1.29 is 14.2 Å². The summed E-state index contributed by atoms with van der Waals surface area (Å²) in [7, 11) is 0. The molecule has 0 unspecified atom stereocenters. The predicted molar refractivity (Wildman–Crippen MR) is 93.3 cm³/mol. The molecule has 128 valence electrons. The Kier molecular flexibility index (Phi) is 3.35. The van der Waals surface area contributed by atoms with E-state index in [0.717, 1.165) is 11.4 Å². The van der Waals surface area contributed by atoms with Crippen LogP contribution in [0, 0.1) is 0 Å². The van der Waals surface area contributed by atoms with Gasteiger partial charge in [-0.05, 0) is 36.4 Å². The first-order valence-electron chi connectivity index (χ1n) is 8.08. The molecule has 0 bridgehead atoms. The number of hydrogen-bond donors (Lipinski definition) is 0. The summed E-state index contributed by atoms with van der Waals surface area (Å²) in [6.45, 7) is 0.0903. The molecule has 0 saturated heterocycles. The molecule has 7 nitrogen and oxygen atoms in total. The number of fused-ring (bicyclic) bond motifs is 2. The molecule has 0 amide bonds. The molecule has 0 aliphatic carbocycles. The van der Waals surface area contributed by atoms with Crippen LogP contribution in [-0.4, -0.2) is 26.4 Å². The Morgan fingerprint density at radius 1 is 0.692 bits per heavy atom. The summed E-state index contributed by atoms with van der Waals surface area (Å²) in [5, 5.41) is 8.48. The second kappa shape index (κ2) is 5.96. The molecule has 0 atom stereocenters. The largest absolute Gasteiger partial charge is 0.454 e. The topological polar surface area (TPSA) is 63.3 Å². The first kappa shape index (κ1) is 14.6. The van der Waals surface area contributed by atoms with Crippen molar-refractivity contribution in [3.8, 4) is 34.4 Å². The Morgan fingerprint density at radius 3 is 1.96 bits per heavy atom. The molecule has 7 heteroatoms. The lowest BCUT2D eigenvalue weighted by atomic mass is 10.2. The predicted octanol–water partition coefficient (Wildman–Crippen LogP) is 3.58. The maximum atomic E-state index is 6.07. The maximum absolute atomic E-state index is 6.07. The fraction of sp³-hybridized carbons (Fsp3) is 0.0526. The first-order valence-corrected chi connectivity index (χ1v) is 8.08. The average Bonchev–Trinajstić information content (AvgIpc) is 3.36. The van der Waals surface area contributed by atoms with E-state index in [1.165, 1.54) is 0 Å². The number of nitrogens with zero attached hydrogens (tertiary/aromatic N) is 4. The smallest absolute Gasteiger partial charge is 0.231 e. The van der Waals surface area contributed by atoms with Gasteiger partial charge in [-0.25, -0.2) is 9.36 Å². The molecule has 0 fully saturated rings. The fourth-order valence-electron chi connectivity index (χ4n) is 2.79. The summed E-state index contributed by atoms with van der Waals surface area (Å²) in [5.74, 6) is 2.42. The van der Waals surface area contributed by atoms with Gasteiger partial charge in [0.2, 0.25) is 6.79 Å². The molecule has 3 heterocycles. The van der Waals surface area contributed by atoms with Crippen molar-refractivity contribution >= 4 is 0 Å². The zero-order chi connectivity index (χ0) is 17.3. The van der Waals surface area contributed by atoms with Crippen molar-refractivity contribution in [2.24, 2.45) is 0 Å². The van der Waals surface area contributed by atoms with Crippen LogP contribution in [0.15, 0.2) is 73.3 Å². The van der Waals surface area contributed by atoms with Gasteiger partial charge < -0.3 is 14.2 Å². The third kappa shape index (κ3) is 2.55. The molecule has 5 rings (SSSR count). The van der Waals surface area contributed by atoms with Crippen LogP contribution >= 0.6 is 0 Å². The van der Waals surface area contributed by atoms with Crippen molar-refractivity contribution in [1.82, 2.24) is 19.6 Å². The van der Waals surface area contributed by atoms with Gasteiger partial charge in [0.15, 0.2) is 23.0 Å². The van der Waals surface area contributed by atoms with Gasteiger partial charge in [-0.1, -0.05) is 0 Å². The number of benzene rings is 2. The van der Waals surface area contributed by atoms with Crippen molar-refractivity contribution in [2.45, 2.75) is 0 Å². The second-order valence-electron chi connectivity index (χ2n) is 5.67. The average molecular weight is 346 g/mol. The summed E-state index contributed by atoms with van der Waals surface area (Å²) in [6.07, 6.45) is 7.20. The zero-order valence-corrected chi connectivity index (χ0v) is 13.6. The molecule has 2 aromatic heterocycles. The van der Waals surface area contributed by atoms with E-state index in [0.29, 0.717) is 23.0 Å². The van der Waals surface area contributed by atoms with Crippen molar-refractivity contribution in [3.05, 3.63) is 73.3 Å². The standard InChI is InChI=1S/C19H14N4O3/c1-7-20-22(9-1)14-4-6-17-18(11-14)25-13-24-16-5-3-15(12-19(16)26-17)23-10-2-8-21-23/h1-12H,13H2. The normalized spacial score (nSPS) is 12.6. The van der Waals surface area contributed by atoms with Crippen LogP contribution < -0.4 is 14.2 Å². The Labute approximate surface area is 149 Å². The highest BCUT2D eigenvalue weighted by atomic mass is 16.7. The molecule has 2 aromatic carbocycles. The van der Waals surface area contributed by atoms with Crippen molar-refractivity contribution in [1.29, 1.82) is 0 Å². The lowest BCUT2D eigenvalue weighted by molar-refractivity contribution is 0.107. The van der Waals surface area contributed by atoms with Gasteiger partial charge in [0.05, 0.1) is 11.4 Å². The lowest BCUT2D eigenvalue weighted by Gasteiger charge is -2.20. The van der Waals surface area contributed by atoms with Gasteiger partial charge in [0, 0.05) is 36.9 Å². The molecule has 0 saturated carbocycles. The molecule has 4 aromatic rings. The van der Waals surface area contributed by atoms with Gasteiger partial charge in [-0.2, -0.15) is 10.2 Å². The SMILES string of the molecule is c1cnn(-c2ccc3c(c2)OCOc2ccc(-n4cccn4)cc2O3)c1. The molecular formula is C19H14N4O3. The van der Waals surface area contributed by atoms with Crippen molar-refractivity contribution in [3.63, 3.8) is 0 Å². The van der Waals surface area contributed by atoms with E-state index in [-0.39, 0.29) is 6.79 Å². The van der Waals surface area contributed by atoms with Crippen molar-refractivity contribution in [2.75, 3.05) is 6.79 Å². The minimum atomic E-state index is 0.0903. The summed E-state index contributed by atoms with van der Waals surface area (Å²) < 4.78 is 21.0. The van der Waals surface area contributed by atoms with Gasteiger partial charge in [-0.3, -0.25) is 0 Å². The highest BCUT2D eigenvalue weighted by Gasteiger charge is 2.17. The van der Waals surface area contributed by atoms with E-state index in [1.807, 2.05) is 60.9 Å². The van der Waals surface area contributed by atoms with Crippen LogP contribution in [0.1, 0.15) is 0 Å². The molecule has 1 aliphatic rings. The van der Waals surface area contributed by atoms with Gasteiger partial charge in [-0.15, -0.1) is 0 Å². The van der Waals surface area contributed by atoms with Gasteiger partial charge >= 0.3 is 0 Å². The van der Waals surface area contributed by atoms with E-state index < -0.39 is 0 Å². The number of ether oxygens (including phenoxy) is 3. The monoisotopic (exact) mass is 346 g/mol. The molecule has 0 spiro atoms. The van der Waals surface area contributed by atoms with Crippen LogP contribution in [0.2, 0.25) is 0 Å². The molecular weight excluding hydrogens is 332 g/mol. The van der Waals surface area contributed by atoms with E-state index >= 15 is 0 Å². The van der Waals surface area contributed by atoms with Crippen LogP contribution in [-0.2, 0) is 0 Å². The Hall–Kier alpha value is -3.74. The Balaban J connectivity index is 1.54. The molecule has 0 radical (unpaired) electrons. The quantitative estimate of drug-likeness (QED) is 0.555. The molecule has 26 heavy (non-hydrogen) atoms.